The Bertz CT molecular complexity index is 692. The first kappa shape index (κ1) is 18.5. The predicted octanol–water partition coefficient (Wildman–Crippen LogP) is 3.98. The van der Waals surface area contributed by atoms with Crippen molar-refractivity contribution in [2.45, 2.75) is 32.2 Å². The first-order valence-electron chi connectivity index (χ1n) is 9.42. The number of amides is 1. The van der Waals surface area contributed by atoms with Crippen LogP contribution in [-0.4, -0.2) is 49.0 Å². The molecule has 1 saturated heterocycles. The number of rotatable bonds is 7. The van der Waals surface area contributed by atoms with Gasteiger partial charge < -0.3 is 14.1 Å². The molecule has 1 fully saturated rings. The lowest BCUT2D eigenvalue weighted by molar-refractivity contribution is 0.0734. The first-order valence-corrected chi connectivity index (χ1v) is 9.42. The van der Waals surface area contributed by atoms with Crippen LogP contribution >= 0.6 is 0 Å². The maximum Gasteiger partial charge on any atom is 0.289 e. The SMILES string of the molecule is C[C@H](c1ccc(C(=O)N(C)CCOc2ccccc2)o1)N1CCCCC1. The summed E-state index contributed by atoms with van der Waals surface area (Å²) in [6.45, 7) is 5.30. The number of furan rings is 1. The van der Waals surface area contributed by atoms with Gasteiger partial charge in [-0.15, -0.1) is 0 Å². The van der Waals surface area contributed by atoms with Gasteiger partial charge in [0.25, 0.3) is 5.91 Å². The van der Waals surface area contributed by atoms with Crippen molar-refractivity contribution in [3.63, 3.8) is 0 Å². The number of para-hydroxylation sites is 1. The molecular formula is C21H28N2O3. The molecule has 0 aliphatic carbocycles. The number of carbonyl (C=O) groups is 1. The Morgan fingerprint density at radius 3 is 2.62 bits per heavy atom. The summed E-state index contributed by atoms with van der Waals surface area (Å²) in [4.78, 5) is 16.6. The molecule has 1 amide bonds. The van der Waals surface area contributed by atoms with Crippen molar-refractivity contribution in [2.24, 2.45) is 0 Å². The second kappa shape index (κ2) is 8.90. The summed E-state index contributed by atoms with van der Waals surface area (Å²) < 4.78 is 11.5. The Kier molecular flexibility index (Phi) is 6.34. The highest BCUT2D eigenvalue weighted by Gasteiger charge is 2.23. The molecule has 1 aliphatic heterocycles. The van der Waals surface area contributed by atoms with Gasteiger partial charge in [0.15, 0.2) is 5.76 Å². The summed E-state index contributed by atoms with van der Waals surface area (Å²) in [5.74, 6) is 1.96. The van der Waals surface area contributed by atoms with E-state index in [1.165, 1.54) is 19.3 Å². The standard InChI is InChI=1S/C21H28N2O3/c1-17(23-13-7-4-8-14-23)19-11-12-20(26-19)21(24)22(2)15-16-25-18-9-5-3-6-10-18/h3,5-6,9-12,17H,4,7-8,13-16H2,1-2H3/t17-/m1/s1. The van der Waals surface area contributed by atoms with Gasteiger partial charge in [-0.3, -0.25) is 9.69 Å². The minimum Gasteiger partial charge on any atom is -0.492 e. The molecule has 1 aliphatic rings. The summed E-state index contributed by atoms with van der Waals surface area (Å²) in [6.07, 6.45) is 3.78. The highest BCUT2D eigenvalue weighted by atomic mass is 16.5. The number of likely N-dealkylation sites (N-methyl/N-ethyl adjacent to an activating group) is 1. The molecule has 0 unspecified atom stereocenters. The lowest BCUT2D eigenvalue weighted by Crippen LogP contribution is -2.32. The van der Waals surface area contributed by atoms with Crippen LogP contribution in [0.2, 0.25) is 0 Å². The molecule has 2 heterocycles. The van der Waals surface area contributed by atoms with E-state index in [-0.39, 0.29) is 11.9 Å². The lowest BCUT2D eigenvalue weighted by atomic mass is 10.1. The van der Waals surface area contributed by atoms with Crippen molar-refractivity contribution in [3.05, 3.63) is 54.0 Å². The zero-order valence-corrected chi connectivity index (χ0v) is 15.7. The van der Waals surface area contributed by atoms with Crippen LogP contribution in [0, 0.1) is 0 Å². The van der Waals surface area contributed by atoms with Gasteiger partial charge in [0.2, 0.25) is 0 Å². The Morgan fingerprint density at radius 1 is 1.15 bits per heavy atom. The first-order chi connectivity index (χ1) is 12.6. The van der Waals surface area contributed by atoms with Crippen LogP contribution < -0.4 is 4.74 Å². The minimum atomic E-state index is -0.112. The highest BCUT2D eigenvalue weighted by molar-refractivity contribution is 5.91. The summed E-state index contributed by atoms with van der Waals surface area (Å²) in [6, 6.07) is 13.5. The fraction of sp³-hybridized carbons (Fsp3) is 0.476. The molecule has 26 heavy (non-hydrogen) atoms. The monoisotopic (exact) mass is 356 g/mol. The fourth-order valence-electron chi connectivity index (χ4n) is 3.28. The summed E-state index contributed by atoms with van der Waals surface area (Å²) in [5, 5.41) is 0. The molecule has 2 aromatic rings. The Balaban J connectivity index is 1.51. The van der Waals surface area contributed by atoms with Crippen LogP contribution in [0.5, 0.6) is 5.75 Å². The third kappa shape index (κ3) is 4.67. The number of carbonyl (C=O) groups excluding carboxylic acids is 1. The molecule has 3 rings (SSSR count). The van der Waals surface area contributed by atoms with E-state index in [0.717, 1.165) is 24.6 Å². The molecule has 140 valence electrons. The van der Waals surface area contributed by atoms with Crippen LogP contribution in [-0.2, 0) is 0 Å². The fourth-order valence-corrected chi connectivity index (χ4v) is 3.28. The van der Waals surface area contributed by atoms with Crippen LogP contribution in [0.15, 0.2) is 46.9 Å². The molecule has 0 radical (unpaired) electrons. The maximum atomic E-state index is 12.6. The van der Waals surface area contributed by atoms with Crippen molar-refractivity contribution >= 4 is 5.91 Å². The van der Waals surface area contributed by atoms with E-state index in [1.807, 2.05) is 36.4 Å². The van der Waals surface area contributed by atoms with E-state index in [4.69, 9.17) is 9.15 Å². The van der Waals surface area contributed by atoms with E-state index >= 15 is 0 Å². The number of likely N-dealkylation sites (tertiary alicyclic amines) is 1. The van der Waals surface area contributed by atoms with E-state index in [1.54, 1.807) is 18.0 Å². The quantitative estimate of drug-likeness (QED) is 0.753. The number of benzene rings is 1. The van der Waals surface area contributed by atoms with Gasteiger partial charge in [-0.25, -0.2) is 0 Å². The van der Waals surface area contributed by atoms with E-state index in [0.29, 0.717) is 18.9 Å². The number of hydrogen-bond donors (Lipinski definition) is 0. The molecular weight excluding hydrogens is 328 g/mol. The second-order valence-electron chi connectivity index (χ2n) is 6.86. The lowest BCUT2D eigenvalue weighted by Gasteiger charge is -2.31. The average molecular weight is 356 g/mol. The topological polar surface area (TPSA) is 45.9 Å². The number of piperidine rings is 1. The molecule has 0 spiro atoms. The Morgan fingerprint density at radius 2 is 1.88 bits per heavy atom. The Hall–Kier alpha value is -2.27. The predicted molar refractivity (Wildman–Crippen MR) is 101 cm³/mol. The summed E-state index contributed by atoms with van der Waals surface area (Å²) >= 11 is 0. The summed E-state index contributed by atoms with van der Waals surface area (Å²) in [7, 11) is 1.77. The van der Waals surface area contributed by atoms with Crippen LogP contribution in [0.1, 0.15) is 48.5 Å². The van der Waals surface area contributed by atoms with Crippen molar-refractivity contribution in [1.29, 1.82) is 0 Å². The van der Waals surface area contributed by atoms with E-state index < -0.39 is 0 Å². The number of hydrogen-bond acceptors (Lipinski definition) is 4. The average Bonchev–Trinajstić information content (AvgIpc) is 3.18. The van der Waals surface area contributed by atoms with Crippen LogP contribution in [0.3, 0.4) is 0 Å². The molecule has 0 bridgehead atoms. The zero-order chi connectivity index (χ0) is 18.4. The second-order valence-corrected chi connectivity index (χ2v) is 6.86. The Labute approximate surface area is 155 Å². The number of nitrogens with zero attached hydrogens (tertiary/aromatic N) is 2. The maximum absolute atomic E-state index is 12.6. The van der Waals surface area contributed by atoms with Crippen molar-refractivity contribution in [3.8, 4) is 5.75 Å². The molecule has 1 atom stereocenters. The van der Waals surface area contributed by atoms with Gasteiger partial charge in [-0.05, 0) is 57.1 Å². The van der Waals surface area contributed by atoms with Gasteiger partial charge in [0, 0.05) is 7.05 Å². The van der Waals surface area contributed by atoms with Gasteiger partial charge >= 0.3 is 0 Å². The summed E-state index contributed by atoms with van der Waals surface area (Å²) in [5.41, 5.74) is 0. The normalized spacial score (nSPS) is 16.2. The van der Waals surface area contributed by atoms with Crippen LogP contribution in [0.4, 0.5) is 0 Å². The molecule has 5 heteroatoms. The smallest absolute Gasteiger partial charge is 0.289 e. The largest absolute Gasteiger partial charge is 0.492 e. The number of ether oxygens (including phenoxy) is 1. The third-order valence-electron chi connectivity index (χ3n) is 4.97. The molecule has 1 aromatic carbocycles. The van der Waals surface area contributed by atoms with Crippen molar-refractivity contribution in [1.82, 2.24) is 9.80 Å². The van der Waals surface area contributed by atoms with Crippen molar-refractivity contribution < 1.29 is 13.9 Å². The molecule has 0 saturated carbocycles. The molecule has 5 nitrogen and oxygen atoms in total. The van der Waals surface area contributed by atoms with Crippen molar-refractivity contribution in [2.75, 3.05) is 33.3 Å². The molecule has 0 N–H and O–H groups in total. The highest BCUT2D eigenvalue weighted by Crippen LogP contribution is 2.26. The van der Waals surface area contributed by atoms with Gasteiger partial charge in [0.1, 0.15) is 18.1 Å². The van der Waals surface area contributed by atoms with Gasteiger partial charge in [-0.2, -0.15) is 0 Å². The molecule has 1 aromatic heterocycles. The van der Waals surface area contributed by atoms with E-state index in [9.17, 15) is 4.79 Å². The van der Waals surface area contributed by atoms with Gasteiger partial charge in [-0.1, -0.05) is 24.6 Å². The third-order valence-corrected chi connectivity index (χ3v) is 4.97. The zero-order valence-electron chi connectivity index (χ0n) is 15.7. The van der Waals surface area contributed by atoms with Gasteiger partial charge in [0.05, 0.1) is 12.6 Å². The minimum absolute atomic E-state index is 0.112. The van der Waals surface area contributed by atoms with E-state index in [2.05, 4.69) is 11.8 Å². The van der Waals surface area contributed by atoms with Crippen LogP contribution in [0.25, 0.3) is 0 Å².